The van der Waals surface area contributed by atoms with Gasteiger partial charge in [0.25, 0.3) is 0 Å². The van der Waals surface area contributed by atoms with Crippen LogP contribution in [0.1, 0.15) is 33.1 Å². The zero-order valence-electron chi connectivity index (χ0n) is 7.31. The lowest BCUT2D eigenvalue weighted by Gasteiger charge is -2.22. The van der Waals surface area contributed by atoms with Gasteiger partial charge in [-0.1, -0.05) is 19.8 Å². The molecule has 0 rings (SSSR count). The highest BCUT2D eigenvalue weighted by molar-refractivity contribution is 4.77. The first kappa shape index (κ1) is 9.92. The maximum Gasteiger partial charge on any atom is 0.0639 e. The highest BCUT2D eigenvalue weighted by Gasteiger charge is 2.16. The SMILES string of the molecule is CCCCC(C)(N)COC. The Balaban J connectivity index is 3.42. The molecule has 1 atom stereocenters. The van der Waals surface area contributed by atoms with E-state index in [0.29, 0.717) is 6.61 Å². The molecule has 0 radical (unpaired) electrons. The van der Waals surface area contributed by atoms with Gasteiger partial charge in [-0.15, -0.1) is 0 Å². The third kappa shape index (κ3) is 4.77. The normalized spacial score (nSPS) is 16.8. The number of hydrogen-bond donors (Lipinski definition) is 1. The summed E-state index contributed by atoms with van der Waals surface area (Å²) >= 11 is 0. The molecular weight excluding hydrogens is 126 g/mol. The van der Waals surface area contributed by atoms with Gasteiger partial charge in [-0.2, -0.15) is 0 Å². The van der Waals surface area contributed by atoms with Crippen molar-refractivity contribution in [2.45, 2.75) is 38.6 Å². The van der Waals surface area contributed by atoms with Gasteiger partial charge < -0.3 is 10.5 Å². The second-order valence-corrected chi connectivity index (χ2v) is 3.19. The highest BCUT2D eigenvalue weighted by Crippen LogP contribution is 2.09. The number of methoxy groups -OCH3 is 1. The molecule has 0 spiro atoms. The van der Waals surface area contributed by atoms with E-state index in [1.807, 2.05) is 6.92 Å². The van der Waals surface area contributed by atoms with Gasteiger partial charge in [0.2, 0.25) is 0 Å². The minimum Gasteiger partial charge on any atom is -0.383 e. The van der Waals surface area contributed by atoms with Gasteiger partial charge in [-0.25, -0.2) is 0 Å². The van der Waals surface area contributed by atoms with E-state index in [9.17, 15) is 0 Å². The molecule has 0 aliphatic rings. The van der Waals surface area contributed by atoms with E-state index < -0.39 is 0 Å². The first-order valence-electron chi connectivity index (χ1n) is 3.90. The van der Waals surface area contributed by atoms with Crippen LogP contribution in [0.4, 0.5) is 0 Å². The van der Waals surface area contributed by atoms with Gasteiger partial charge in [0.05, 0.1) is 6.61 Å². The molecule has 0 bridgehead atoms. The minimum absolute atomic E-state index is 0.120. The first-order valence-corrected chi connectivity index (χ1v) is 3.90. The van der Waals surface area contributed by atoms with Gasteiger partial charge in [0, 0.05) is 12.6 Å². The molecule has 1 unspecified atom stereocenters. The fourth-order valence-corrected chi connectivity index (χ4v) is 0.983. The van der Waals surface area contributed by atoms with Gasteiger partial charge in [0.1, 0.15) is 0 Å². The molecule has 0 saturated heterocycles. The van der Waals surface area contributed by atoms with Crippen molar-refractivity contribution in [3.8, 4) is 0 Å². The predicted molar refractivity (Wildman–Crippen MR) is 44.0 cm³/mol. The molecule has 0 aromatic carbocycles. The smallest absolute Gasteiger partial charge is 0.0639 e. The summed E-state index contributed by atoms with van der Waals surface area (Å²) < 4.78 is 4.98. The molecule has 2 nitrogen and oxygen atoms in total. The molecule has 0 aromatic rings. The summed E-state index contributed by atoms with van der Waals surface area (Å²) in [5.41, 5.74) is 5.77. The van der Waals surface area contributed by atoms with Gasteiger partial charge >= 0.3 is 0 Å². The molecule has 0 aliphatic heterocycles. The van der Waals surface area contributed by atoms with Gasteiger partial charge in [-0.05, 0) is 13.3 Å². The second-order valence-electron chi connectivity index (χ2n) is 3.19. The van der Waals surface area contributed by atoms with Crippen LogP contribution in [-0.4, -0.2) is 19.3 Å². The van der Waals surface area contributed by atoms with Crippen molar-refractivity contribution in [3.05, 3.63) is 0 Å². The lowest BCUT2D eigenvalue weighted by Crippen LogP contribution is -2.40. The van der Waals surface area contributed by atoms with E-state index in [1.165, 1.54) is 12.8 Å². The Hall–Kier alpha value is -0.0800. The largest absolute Gasteiger partial charge is 0.383 e. The Kier molecular flexibility index (Phi) is 4.65. The predicted octanol–water partition coefficient (Wildman–Crippen LogP) is 1.54. The number of rotatable bonds is 5. The molecule has 0 amide bonds. The topological polar surface area (TPSA) is 35.2 Å². The molecule has 10 heavy (non-hydrogen) atoms. The summed E-state index contributed by atoms with van der Waals surface area (Å²) in [6, 6.07) is 0. The molecule has 2 heteroatoms. The lowest BCUT2D eigenvalue weighted by molar-refractivity contribution is 0.135. The minimum atomic E-state index is -0.120. The number of unbranched alkanes of at least 4 members (excludes halogenated alkanes) is 1. The van der Waals surface area contributed by atoms with Crippen molar-refractivity contribution < 1.29 is 4.74 Å². The van der Waals surface area contributed by atoms with Crippen LogP contribution in [0, 0.1) is 0 Å². The maximum absolute atomic E-state index is 5.89. The van der Waals surface area contributed by atoms with Gasteiger partial charge in [-0.3, -0.25) is 0 Å². The van der Waals surface area contributed by atoms with Gasteiger partial charge in [0.15, 0.2) is 0 Å². The monoisotopic (exact) mass is 145 g/mol. The van der Waals surface area contributed by atoms with Crippen LogP contribution in [-0.2, 0) is 4.74 Å². The zero-order valence-corrected chi connectivity index (χ0v) is 7.31. The molecule has 2 N–H and O–H groups in total. The average molecular weight is 145 g/mol. The molecule has 0 aliphatic carbocycles. The zero-order chi connectivity index (χ0) is 8.04. The van der Waals surface area contributed by atoms with E-state index in [1.54, 1.807) is 7.11 Å². The van der Waals surface area contributed by atoms with Crippen LogP contribution in [0.5, 0.6) is 0 Å². The Labute approximate surface area is 63.7 Å². The summed E-state index contributed by atoms with van der Waals surface area (Å²) in [6.07, 6.45) is 3.45. The molecule has 0 aromatic heterocycles. The van der Waals surface area contributed by atoms with Crippen LogP contribution in [0.15, 0.2) is 0 Å². The summed E-state index contributed by atoms with van der Waals surface area (Å²) in [7, 11) is 1.69. The average Bonchev–Trinajstić information content (AvgIpc) is 1.84. The Morgan fingerprint density at radius 2 is 2.10 bits per heavy atom. The number of hydrogen-bond acceptors (Lipinski definition) is 2. The van der Waals surface area contributed by atoms with Crippen molar-refractivity contribution in [1.29, 1.82) is 0 Å². The first-order chi connectivity index (χ1) is 4.62. The molecule has 0 heterocycles. The summed E-state index contributed by atoms with van der Waals surface area (Å²) in [5.74, 6) is 0. The summed E-state index contributed by atoms with van der Waals surface area (Å²) in [5, 5.41) is 0. The van der Waals surface area contributed by atoms with Crippen molar-refractivity contribution >= 4 is 0 Å². The number of ether oxygens (including phenoxy) is 1. The molecule has 0 saturated carbocycles. The standard InChI is InChI=1S/C8H19NO/c1-4-5-6-8(2,9)7-10-3/h4-7,9H2,1-3H3. The van der Waals surface area contributed by atoms with E-state index >= 15 is 0 Å². The van der Waals surface area contributed by atoms with Crippen molar-refractivity contribution in [2.24, 2.45) is 5.73 Å². The van der Waals surface area contributed by atoms with E-state index in [0.717, 1.165) is 6.42 Å². The third-order valence-electron chi connectivity index (χ3n) is 1.58. The van der Waals surface area contributed by atoms with Crippen LogP contribution >= 0.6 is 0 Å². The van der Waals surface area contributed by atoms with Crippen LogP contribution in [0.2, 0.25) is 0 Å². The Morgan fingerprint density at radius 3 is 2.50 bits per heavy atom. The molecule has 62 valence electrons. The molecule has 0 fully saturated rings. The van der Waals surface area contributed by atoms with Crippen molar-refractivity contribution in [1.82, 2.24) is 0 Å². The lowest BCUT2D eigenvalue weighted by atomic mass is 9.98. The van der Waals surface area contributed by atoms with E-state index in [2.05, 4.69) is 6.92 Å². The fourth-order valence-electron chi connectivity index (χ4n) is 0.983. The van der Waals surface area contributed by atoms with E-state index in [-0.39, 0.29) is 5.54 Å². The van der Waals surface area contributed by atoms with Crippen LogP contribution in [0.3, 0.4) is 0 Å². The fraction of sp³-hybridized carbons (Fsp3) is 1.00. The van der Waals surface area contributed by atoms with Crippen molar-refractivity contribution in [3.63, 3.8) is 0 Å². The Bertz CT molecular complexity index is 81.3. The van der Waals surface area contributed by atoms with Crippen LogP contribution in [0.25, 0.3) is 0 Å². The Morgan fingerprint density at radius 1 is 1.50 bits per heavy atom. The van der Waals surface area contributed by atoms with Crippen LogP contribution < -0.4 is 5.73 Å². The maximum atomic E-state index is 5.89. The third-order valence-corrected chi connectivity index (χ3v) is 1.58. The highest BCUT2D eigenvalue weighted by atomic mass is 16.5. The summed E-state index contributed by atoms with van der Waals surface area (Å²) in [4.78, 5) is 0. The summed E-state index contributed by atoms with van der Waals surface area (Å²) in [6.45, 7) is 4.86. The van der Waals surface area contributed by atoms with Crippen molar-refractivity contribution in [2.75, 3.05) is 13.7 Å². The number of nitrogens with two attached hydrogens (primary N) is 1. The second kappa shape index (κ2) is 4.69. The van der Waals surface area contributed by atoms with E-state index in [4.69, 9.17) is 10.5 Å². The molecular formula is C8H19NO. The quantitative estimate of drug-likeness (QED) is 0.637.